The fraction of sp³-hybridized carbons (Fsp3) is 0.643. The normalized spacial score (nSPS) is 23.0. The van der Waals surface area contributed by atoms with Crippen molar-refractivity contribution in [2.24, 2.45) is 0 Å². The average molecular weight is 276 g/mol. The van der Waals surface area contributed by atoms with E-state index in [2.05, 4.69) is 15.7 Å². The van der Waals surface area contributed by atoms with Gasteiger partial charge in [0.15, 0.2) is 0 Å². The van der Waals surface area contributed by atoms with Gasteiger partial charge in [-0.2, -0.15) is 5.10 Å². The molecule has 20 heavy (non-hydrogen) atoms. The van der Waals surface area contributed by atoms with Crippen LogP contribution in [0.1, 0.15) is 55.1 Å². The maximum Gasteiger partial charge on any atom is 0.269 e. The summed E-state index contributed by atoms with van der Waals surface area (Å²) in [6, 6.07) is 2.19. The van der Waals surface area contributed by atoms with Crippen molar-refractivity contribution in [3.63, 3.8) is 0 Å². The molecule has 6 nitrogen and oxygen atoms in total. The Hall–Kier alpha value is -1.85. The van der Waals surface area contributed by atoms with Crippen LogP contribution in [0, 0.1) is 0 Å². The van der Waals surface area contributed by atoms with Crippen LogP contribution < -0.4 is 10.6 Å². The molecule has 0 spiro atoms. The van der Waals surface area contributed by atoms with Crippen molar-refractivity contribution in [2.45, 2.75) is 50.6 Å². The largest absolute Gasteiger partial charge is 0.352 e. The number of rotatable bonds is 4. The van der Waals surface area contributed by atoms with Crippen molar-refractivity contribution in [1.82, 2.24) is 20.4 Å². The van der Waals surface area contributed by atoms with Crippen LogP contribution in [0.4, 0.5) is 0 Å². The van der Waals surface area contributed by atoms with Gasteiger partial charge in [0.05, 0.1) is 6.04 Å². The molecule has 1 saturated heterocycles. The van der Waals surface area contributed by atoms with Crippen LogP contribution in [-0.4, -0.2) is 34.2 Å². The van der Waals surface area contributed by atoms with Gasteiger partial charge in [0.1, 0.15) is 5.69 Å². The molecule has 1 aromatic heterocycles. The van der Waals surface area contributed by atoms with Gasteiger partial charge in [-0.1, -0.05) is 12.8 Å². The number of aromatic nitrogens is 2. The van der Waals surface area contributed by atoms with Crippen LogP contribution in [-0.2, 0) is 4.79 Å². The highest BCUT2D eigenvalue weighted by Crippen LogP contribution is 2.29. The van der Waals surface area contributed by atoms with E-state index in [0.29, 0.717) is 24.7 Å². The molecule has 108 valence electrons. The third-order valence-electron chi connectivity index (χ3n) is 4.17. The van der Waals surface area contributed by atoms with E-state index in [-0.39, 0.29) is 17.9 Å². The maximum atomic E-state index is 12.2. The predicted octanol–water partition coefficient (Wildman–Crippen LogP) is 1.01. The lowest BCUT2D eigenvalue weighted by Crippen LogP contribution is -2.39. The Morgan fingerprint density at radius 3 is 2.90 bits per heavy atom. The average Bonchev–Trinajstić information content (AvgIpc) is 3.16. The molecule has 1 saturated carbocycles. The predicted molar refractivity (Wildman–Crippen MR) is 73.2 cm³/mol. The smallest absolute Gasteiger partial charge is 0.269 e. The molecular weight excluding hydrogens is 256 g/mol. The van der Waals surface area contributed by atoms with Gasteiger partial charge in [0.25, 0.3) is 5.91 Å². The van der Waals surface area contributed by atoms with Crippen LogP contribution in [0.5, 0.6) is 0 Å². The molecule has 2 heterocycles. The zero-order valence-corrected chi connectivity index (χ0v) is 11.5. The Morgan fingerprint density at radius 1 is 1.40 bits per heavy atom. The highest BCUT2D eigenvalue weighted by Gasteiger charge is 2.24. The van der Waals surface area contributed by atoms with Crippen LogP contribution >= 0.6 is 0 Å². The minimum Gasteiger partial charge on any atom is -0.352 e. The number of nitrogens with zero attached hydrogens (tertiary/aromatic N) is 2. The van der Waals surface area contributed by atoms with Crippen LogP contribution in [0.15, 0.2) is 12.3 Å². The highest BCUT2D eigenvalue weighted by atomic mass is 16.2. The van der Waals surface area contributed by atoms with Gasteiger partial charge >= 0.3 is 0 Å². The molecule has 1 aliphatic carbocycles. The monoisotopic (exact) mass is 276 g/mol. The van der Waals surface area contributed by atoms with E-state index in [1.807, 2.05) is 4.68 Å². The highest BCUT2D eigenvalue weighted by molar-refractivity contribution is 5.92. The zero-order valence-electron chi connectivity index (χ0n) is 11.5. The standard InChI is InChI=1S/C14H20N4O2/c19-13-6-5-10(17-13)9-15-14(20)12-7-8-16-18(12)11-3-1-2-4-11/h7-8,10-11H,1-6,9H2,(H,15,20)(H,17,19)/t10-/m1/s1. The molecule has 0 bridgehead atoms. The van der Waals surface area contributed by atoms with E-state index >= 15 is 0 Å². The van der Waals surface area contributed by atoms with Crippen LogP contribution in [0.2, 0.25) is 0 Å². The molecule has 0 aromatic carbocycles. The summed E-state index contributed by atoms with van der Waals surface area (Å²) in [6.45, 7) is 0.487. The van der Waals surface area contributed by atoms with E-state index in [4.69, 9.17) is 0 Å². The van der Waals surface area contributed by atoms with E-state index in [1.165, 1.54) is 12.8 Å². The summed E-state index contributed by atoms with van der Waals surface area (Å²) in [5.41, 5.74) is 0.626. The summed E-state index contributed by atoms with van der Waals surface area (Å²) in [5.74, 6) is -0.0317. The van der Waals surface area contributed by atoms with Gasteiger partial charge in [-0.05, 0) is 25.3 Å². The lowest BCUT2D eigenvalue weighted by atomic mass is 10.2. The van der Waals surface area contributed by atoms with Crippen LogP contribution in [0.25, 0.3) is 0 Å². The lowest BCUT2D eigenvalue weighted by molar-refractivity contribution is -0.119. The molecule has 0 radical (unpaired) electrons. The Morgan fingerprint density at radius 2 is 2.20 bits per heavy atom. The molecule has 2 aliphatic rings. The molecule has 0 unspecified atom stereocenters. The number of hydrogen-bond donors (Lipinski definition) is 2. The zero-order chi connectivity index (χ0) is 13.9. The summed E-state index contributed by atoms with van der Waals surface area (Å²) >= 11 is 0. The second-order valence-electron chi connectivity index (χ2n) is 5.61. The first-order valence-electron chi connectivity index (χ1n) is 7.35. The number of nitrogens with one attached hydrogen (secondary N) is 2. The number of amides is 2. The van der Waals surface area contributed by atoms with Gasteiger partial charge in [0.2, 0.25) is 5.91 Å². The van der Waals surface area contributed by atoms with Gasteiger partial charge in [0, 0.05) is 25.2 Å². The first-order chi connectivity index (χ1) is 9.74. The third-order valence-corrected chi connectivity index (χ3v) is 4.17. The lowest BCUT2D eigenvalue weighted by Gasteiger charge is -2.15. The molecule has 2 N–H and O–H groups in total. The van der Waals surface area contributed by atoms with Gasteiger partial charge in [-0.15, -0.1) is 0 Å². The molecule has 2 fully saturated rings. The van der Waals surface area contributed by atoms with E-state index in [0.717, 1.165) is 19.3 Å². The number of carbonyl (C=O) groups is 2. The Labute approximate surface area is 117 Å². The Kier molecular flexibility index (Phi) is 3.71. The van der Waals surface area contributed by atoms with E-state index in [9.17, 15) is 9.59 Å². The summed E-state index contributed by atoms with van der Waals surface area (Å²) in [5, 5.41) is 10.0. The number of carbonyl (C=O) groups excluding carboxylic acids is 2. The minimum atomic E-state index is -0.101. The summed E-state index contributed by atoms with van der Waals surface area (Å²) < 4.78 is 1.86. The first-order valence-corrected chi connectivity index (χ1v) is 7.35. The number of hydrogen-bond acceptors (Lipinski definition) is 3. The molecule has 2 amide bonds. The fourth-order valence-electron chi connectivity index (χ4n) is 3.07. The Bertz CT molecular complexity index is 505. The second-order valence-corrected chi connectivity index (χ2v) is 5.61. The van der Waals surface area contributed by atoms with Crippen molar-refractivity contribution in [3.8, 4) is 0 Å². The van der Waals surface area contributed by atoms with Gasteiger partial charge in [-0.3, -0.25) is 14.3 Å². The van der Waals surface area contributed by atoms with Crippen molar-refractivity contribution < 1.29 is 9.59 Å². The van der Waals surface area contributed by atoms with E-state index in [1.54, 1.807) is 12.3 Å². The quantitative estimate of drug-likeness (QED) is 0.861. The second kappa shape index (κ2) is 5.64. The molecule has 1 atom stereocenters. The first kappa shape index (κ1) is 13.1. The van der Waals surface area contributed by atoms with Crippen LogP contribution in [0.3, 0.4) is 0 Å². The third kappa shape index (κ3) is 2.69. The summed E-state index contributed by atoms with van der Waals surface area (Å²) in [7, 11) is 0. The molecular formula is C14H20N4O2. The molecule has 1 aliphatic heterocycles. The maximum absolute atomic E-state index is 12.2. The van der Waals surface area contributed by atoms with Crippen molar-refractivity contribution >= 4 is 11.8 Å². The minimum absolute atomic E-state index is 0.0642. The van der Waals surface area contributed by atoms with Crippen molar-refractivity contribution in [2.75, 3.05) is 6.54 Å². The molecule has 1 aromatic rings. The van der Waals surface area contributed by atoms with Crippen molar-refractivity contribution in [3.05, 3.63) is 18.0 Å². The summed E-state index contributed by atoms with van der Waals surface area (Å²) in [6.07, 6.45) is 7.65. The van der Waals surface area contributed by atoms with E-state index < -0.39 is 0 Å². The molecule has 6 heteroatoms. The van der Waals surface area contributed by atoms with Gasteiger partial charge < -0.3 is 10.6 Å². The van der Waals surface area contributed by atoms with Gasteiger partial charge in [-0.25, -0.2) is 0 Å². The Balaban J connectivity index is 1.59. The fourth-order valence-corrected chi connectivity index (χ4v) is 3.07. The SMILES string of the molecule is O=C1CC[C@H](CNC(=O)c2ccnn2C2CCCC2)N1. The molecule has 3 rings (SSSR count). The topological polar surface area (TPSA) is 76.0 Å². The van der Waals surface area contributed by atoms with Crippen molar-refractivity contribution in [1.29, 1.82) is 0 Å². The summed E-state index contributed by atoms with van der Waals surface area (Å²) in [4.78, 5) is 23.4.